The third kappa shape index (κ3) is 3.35. The van der Waals surface area contributed by atoms with Crippen LogP contribution in [0.3, 0.4) is 0 Å². The van der Waals surface area contributed by atoms with Gasteiger partial charge in [-0.2, -0.15) is 14.9 Å². The first-order valence-corrected chi connectivity index (χ1v) is 8.22. The highest BCUT2D eigenvalue weighted by atomic mass is 16.6. The fourth-order valence-electron chi connectivity index (χ4n) is 2.51. The molecule has 0 fully saturated rings. The quantitative estimate of drug-likeness (QED) is 0.767. The van der Waals surface area contributed by atoms with Crippen LogP contribution in [-0.2, 0) is 4.74 Å². The molecule has 7 nitrogen and oxygen atoms in total. The summed E-state index contributed by atoms with van der Waals surface area (Å²) in [6.07, 6.45) is 1.13. The third-order valence-electron chi connectivity index (χ3n) is 3.71. The lowest BCUT2D eigenvalue weighted by Gasteiger charge is -2.19. The highest BCUT2D eigenvalue weighted by molar-refractivity contribution is 5.89. The molecular weight excluding hydrogens is 318 g/mol. The molecule has 0 saturated heterocycles. The maximum absolute atomic E-state index is 12.3. The Kier molecular flexibility index (Phi) is 4.02. The molecule has 0 aliphatic carbocycles. The van der Waals surface area contributed by atoms with Crippen LogP contribution in [0.15, 0.2) is 30.5 Å². The Morgan fingerprint density at radius 3 is 2.56 bits per heavy atom. The van der Waals surface area contributed by atoms with Gasteiger partial charge in [-0.1, -0.05) is 13.8 Å². The van der Waals surface area contributed by atoms with Gasteiger partial charge in [0.05, 0.1) is 23.1 Å². The van der Waals surface area contributed by atoms with Gasteiger partial charge in [0.1, 0.15) is 11.4 Å². The van der Waals surface area contributed by atoms with E-state index in [9.17, 15) is 4.79 Å². The predicted molar refractivity (Wildman–Crippen MR) is 97.0 cm³/mol. The molecule has 2 heterocycles. The normalized spacial score (nSPS) is 12.1. The highest BCUT2D eigenvalue weighted by Gasteiger charge is 2.20. The average Bonchev–Trinajstić information content (AvgIpc) is 3.08. The van der Waals surface area contributed by atoms with Crippen molar-refractivity contribution in [1.82, 2.24) is 19.6 Å². The number of anilines is 1. The largest absolute Gasteiger partial charge is 0.442 e. The lowest BCUT2D eigenvalue weighted by Crippen LogP contribution is -2.27. The van der Waals surface area contributed by atoms with Crippen LogP contribution in [0.5, 0.6) is 0 Å². The zero-order chi connectivity index (χ0) is 18.4. The number of nitrogens with two attached hydrogens (primary N) is 1. The molecule has 0 bridgehead atoms. The Labute approximate surface area is 146 Å². The molecule has 2 aromatic heterocycles. The summed E-state index contributed by atoms with van der Waals surface area (Å²) in [4.78, 5) is 12.3. The first-order valence-electron chi connectivity index (χ1n) is 8.22. The van der Waals surface area contributed by atoms with Gasteiger partial charge in [0.15, 0.2) is 0 Å². The fraction of sp³-hybridized carbons (Fsp3) is 0.389. The summed E-state index contributed by atoms with van der Waals surface area (Å²) in [5.74, 6) is 0.866. The minimum Gasteiger partial charge on any atom is -0.442 e. The molecule has 0 unspecified atom stereocenters. The number of carbonyl (C=O) groups is 1. The van der Waals surface area contributed by atoms with Crippen molar-refractivity contribution in [3.05, 3.63) is 36.2 Å². The average molecular weight is 341 g/mol. The molecule has 7 heteroatoms. The van der Waals surface area contributed by atoms with Crippen molar-refractivity contribution in [2.75, 3.05) is 5.73 Å². The van der Waals surface area contributed by atoms with Gasteiger partial charge in [0, 0.05) is 11.5 Å². The Hall–Kier alpha value is -2.83. The minimum absolute atomic E-state index is 0.294. The van der Waals surface area contributed by atoms with E-state index in [1.54, 1.807) is 10.9 Å². The van der Waals surface area contributed by atoms with Crippen molar-refractivity contribution in [3.63, 3.8) is 0 Å². The summed E-state index contributed by atoms with van der Waals surface area (Å²) in [7, 11) is 0. The van der Waals surface area contributed by atoms with Gasteiger partial charge in [-0.05, 0) is 44.9 Å². The molecule has 3 aromatic rings. The summed E-state index contributed by atoms with van der Waals surface area (Å²) in [5, 5.41) is 9.51. The van der Waals surface area contributed by atoms with Gasteiger partial charge in [0.2, 0.25) is 0 Å². The summed E-state index contributed by atoms with van der Waals surface area (Å²) < 4.78 is 8.33. The van der Waals surface area contributed by atoms with Crippen LogP contribution < -0.4 is 5.73 Å². The number of rotatable bonds is 2. The van der Waals surface area contributed by atoms with E-state index in [-0.39, 0.29) is 0 Å². The maximum Gasteiger partial charge on any atom is 0.435 e. The second-order valence-corrected chi connectivity index (χ2v) is 7.34. The van der Waals surface area contributed by atoms with Crippen LogP contribution in [0.1, 0.15) is 46.2 Å². The summed E-state index contributed by atoms with van der Waals surface area (Å²) >= 11 is 0. The molecule has 3 rings (SSSR count). The first kappa shape index (κ1) is 17.0. The van der Waals surface area contributed by atoms with Gasteiger partial charge in [-0.15, -0.1) is 0 Å². The van der Waals surface area contributed by atoms with E-state index in [1.165, 1.54) is 4.68 Å². The second kappa shape index (κ2) is 5.91. The molecule has 0 radical (unpaired) electrons. The molecule has 0 aliphatic rings. The molecule has 0 aliphatic heterocycles. The van der Waals surface area contributed by atoms with Crippen molar-refractivity contribution in [1.29, 1.82) is 0 Å². The van der Waals surface area contributed by atoms with Gasteiger partial charge in [-0.25, -0.2) is 9.48 Å². The molecule has 0 spiro atoms. The van der Waals surface area contributed by atoms with Crippen molar-refractivity contribution in [2.24, 2.45) is 0 Å². The highest BCUT2D eigenvalue weighted by Crippen LogP contribution is 2.23. The van der Waals surface area contributed by atoms with Crippen molar-refractivity contribution in [3.8, 4) is 5.69 Å². The van der Waals surface area contributed by atoms with E-state index in [4.69, 9.17) is 10.5 Å². The zero-order valence-electron chi connectivity index (χ0n) is 15.1. The van der Waals surface area contributed by atoms with Crippen molar-refractivity contribution >= 4 is 22.8 Å². The van der Waals surface area contributed by atoms with E-state index >= 15 is 0 Å². The van der Waals surface area contributed by atoms with E-state index in [0.717, 1.165) is 16.8 Å². The molecule has 1 aromatic carbocycles. The maximum atomic E-state index is 12.3. The van der Waals surface area contributed by atoms with Crippen LogP contribution in [0.25, 0.3) is 16.6 Å². The number of ether oxygens (including phenoxy) is 1. The van der Waals surface area contributed by atoms with Crippen LogP contribution in [-0.4, -0.2) is 31.3 Å². The van der Waals surface area contributed by atoms with E-state index < -0.39 is 11.7 Å². The summed E-state index contributed by atoms with van der Waals surface area (Å²) in [6, 6.07) is 7.45. The van der Waals surface area contributed by atoms with Crippen molar-refractivity contribution in [2.45, 2.75) is 46.1 Å². The second-order valence-electron chi connectivity index (χ2n) is 7.34. The Morgan fingerprint density at radius 2 is 1.96 bits per heavy atom. The van der Waals surface area contributed by atoms with Gasteiger partial charge in [-0.3, -0.25) is 0 Å². The molecule has 132 valence electrons. The van der Waals surface area contributed by atoms with Crippen LogP contribution in [0.4, 0.5) is 10.6 Å². The smallest absolute Gasteiger partial charge is 0.435 e. The lowest BCUT2D eigenvalue weighted by atomic mass is 10.1. The molecular formula is C18H23N5O2. The van der Waals surface area contributed by atoms with Gasteiger partial charge in [0.25, 0.3) is 0 Å². The minimum atomic E-state index is -0.577. The lowest BCUT2D eigenvalue weighted by molar-refractivity contribution is 0.0523. The van der Waals surface area contributed by atoms with Gasteiger partial charge < -0.3 is 10.5 Å². The van der Waals surface area contributed by atoms with E-state index in [2.05, 4.69) is 24.0 Å². The monoisotopic (exact) mass is 341 g/mol. The Bertz CT molecular complexity index is 931. The van der Waals surface area contributed by atoms with Crippen LogP contribution in [0.2, 0.25) is 0 Å². The fourth-order valence-corrected chi connectivity index (χ4v) is 2.51. The first-order chi connectivity index (χ1) is 11.7. The number of fused-ring (bicyclic) bond motifs is 1. The number of hydrogen-bond donors (Lipinski definition) is 1. The van der Waals surface area contributed by atoms with Crippen LogP contribution in [0, 0.1) is 0 Å². The molecule has 0 amide bonds. The number of nitrogens with zero attached hydrogens (tertiary/aromatic N) is 4. The van der Waals surface area contributed by atoms with E-state index in [0.29, 0.717) is 17.3 Å². The Balaban J connectivity index is 1.99. The molecule has 2 N–H and O–H groups in total. The molecule has 0 atom stereocenters. The summed E-state index contributed by atoms with van der Waals surface area (Å²) in [5.41, 5.74) is 7.93. The van der Waals surface area contributed by atoms with Gasteiger partial charge >= 0.3 is 6.09 Å². The topological polar surface area (TPSA) is 88.0 Å². The van der Waals surface area contributed by atoms with E-state index in [1.807, 2.05) is 45.0 Å². The van der Waals surface area contributed by atoms with Crippen molar-refractivity contribution < 1.29 is 9.53 Å². The number of hydrogen-bond acceptors (Lipinski definition) is 5. The third-order valence-corrected chi connectivity index (χ3v) is 3.71. The summed E-state index contributed by atoms with van der Waals surface area (Å²) in [6.45, 7) is 9.60. The number of benzene rings is 1. The SMILES string of the molecule is CC(C)c1cc(N)n(-c2ccc3c(cnn3C(=O)OC(C)(C)C)c2)n1. The zero-order valence-corrected chi connectivity index (χ0v) is 15.1. The standard InChI is InChI=1S/C18H23N5O2/c1-11(2)14-9-16(19)22(21-14)13-6-7-15-12(8-13)10-20-23(15)17(24)25-18(3,4)5/h6-11H,19H2,1-5H3. The molecule has 0 saturated carbocycles. The molecule has 25 heavy (non-hydrogen) atoms. The number of carbonyl (C=O) groups excluding carboxylic acids is 1. The predicted octanol–water partition coefficient (Wildman–Crippen LogP) is 3.71. The number of nitrogen functional groups attached to an aromatic ring is 1. The van der Waals surface area contributed by atoms with Crippen LogP contribution >= 0.6 is 0 Å². The Morgan fingerprint density at radius 1 is 1.24 bits per heavy atom. The number of aromatic nitrogens is 4.